The van der Waals surface area contributed by atoms with Crippen molar-refractivity contribution in [2.75, 3.05) is 0 Å². The molecule has 0 saturated carbocycles. The van der Waals surface area contributed by atoms with Gasteiger partial charge >= 0.3 is 0 Å². The van der Waals surface area contributed by atoms with Crippen LogP contribution >= 0.6 is 15.9 Å². The van der Waals surface area contributed by atoms with Crippen LogP contribution in [-0.2, 0) is 0 Å². The van der Waals surface area contributed by atoms with Crippen molar-refractivity contribution < 1.29 is 13.8 Å². The lowest BCUT2D eigenvalue weighted by atomic mass is 10.2. The van der Waals surface area contributed by atoms with Gasteiger partial charge in [0.2, 0.25) is 0 Å². The number of hydrogen-bond donors (Lipinski definition) is 0. The first-order chi connectivity index (χ1) is 11.5. The number of nitrogens with zero attached hydrogens (tertiary/aromatic N) is 1. The minimum Gasteiger partial charge on any atom is -0.453 e. The van der Waals surface area contributed by atoms with Crippen LogP contribution in [0.5, 0.6) is 0 Å². The first-order valence-electron chi connectivity index (χ1n) is 6.93. The van der Waals surface area contributed by atoms with Gasteiger partial charge in [-0.2, -0.15) is 0 Å². The number of nitro benzene ring substituents is 1. The Balaban J connectivity index is 1.90. The number of rotatable bonds is 2. The van der Waals surface area contributed by atoms with Gasteiger partial charge in [-0.05, 0) is 30.3 Å². The van der Waals surface area contributed by atoms with E-state index in [1.165, 1.54) is 18.2 Å². The van der Waals surface area contributed by atoms with E-state index >= 15 is 0 Å². The van der Waals surface area contributed by atoms with E-state index in [2.05, 4.69) is 15.9 Å². The van der Waals surface area contributed by atoms with Gasteiger partial charge in [-0.25, -0.2) is 0 Å². The molecule has 0 saturated heterocycles. The first kappa shape index (κ1) is 14.6. The van der Waals surface area contributed by atoms with Crippen molar-refractivity contribution in [3.05, 3.63) is 73.3 Å². The van der Waals surface area contributed by atoms with Crippen molar-refractivity contribution >= 4 is 43.6 Å². The van der Waals surface area contributed by atoms with Crippen LogP contribution in [-0.4, -0.2) is 4.92 Å². The van der Waals surface area contributed by atoms with Gasteiger partial charge in [0.05, 0.1) is 16.4 Å². The van der Waals surface area contributed by atoms with Gasteiger partial charge in [-0.15, -0.1) is 0 Å². The molecule has 0 bridgehead atoms. The molecule has 4 rings (SSSR count). The molecular formula is C17H8BrNO5. The highest BCUT2D eigenvalue weighted by atomic mass is 79.9. The van der Waals surface area contributed by atoms with E-state index in [9.17, 15) is 14.9 Å². The van der Waals surface area contributed by atoms with Gasteiger partial charge in [-0.1, -0.05) is 15.9 Å². The van der Waals surface area contributed by atoms with Crippen molar-refractivity contribution in [3.8, 4) is 11.5 Å². The highest BCUT2D eigenvalue weighted by Gasteiger charge is 2.14. The number of furan rings is 1. The van der Waals surface area contributed by atoms with Crippen LogP contribution in [0.3, 0.4) is 0 Å². The van der Waals surface area contributed by atoms with Gasteiger partial charge in [0.15, 0.2) is 16.9 Å². The first-order valence-corrected chi connectivity index (χ1v) is 7.72. The topological polar surface area (TPSA) is 86.5 Å². The minimum absolute atomic E-state index is 0.0618. The maximum absolute atomic E-state index is 12.3. The smallest absolute Gasteiger partial charge is 0.273 e. The lowest BCUT2D eigenvalue weighted by molar-refractivity contribution is -0.384. The fraction of sp³-hybridized carbons (Fsp3) is 0. The van der Waals surface area contributed by atoms with Crippen LogP contribution in [0.25, 0.3) is 33.5 Å². The van der Waals surface area contributed by atoms with Crippen molar-refractivity contribution in [2.45, 2.75) is 0 Å². The standard InChI is InChI=1S/C17H8BrNO5/c18-10-2-4-14-12(6-10)13(20)8-17(23-14)16-5-9-1-3-11(19(21)22)7-15(9)24-16/h1-8H. The third kappa shape index (κ3) is 2.39. The molecule has 0 fully saturated rings. The second-order valence-corrected chi connectivity index (χ2v) is 6.12. The molecule has 0 amide bonds. The summed E-state index contributed by atoms with van der Waals surface area (Å²) in [5.41, 5.74) is 0.539. The van der Waals surface area contributed by atoms with E-state index < -0.39 is 4.92 Å². The van der Waals surface area contributed by atoms with Crippen LogP contribution in [0.15, 0.2) is 66.6 Å². The van der Waals surface area contributed by atoms with Crippen LogP contribution in [0.2, 0.25) is 0 Å². The van der Waals surface area contributed by atoms with Crippen LogP contribution in [0.1, 0.15) is 0 Å². The monoisotopic (exact) mass is 385 g/mol. The maximum atomic E-state index is 12.3. The Bertz CT molecular complexity index is 1170. The molecule has 118 valence electrons. The largest absolute Gasteiger partial charge is 0.453 e. The zero-order valence-electron chi connectivity index (χ0n) is 12.0. The Labute approximate surface area is 142 Å². The van der Waals surface area contributed by atoms with Crippen molar-refractivity contribution in [3.63, 3.8) is 0 Å². The molecule has 24 heavy (non-hydrogen) atoms. The number of non-ortho nitro benzene ring substituents is 1. The highest BCUT2D eigenvalue weighted by Crippen LogP contribution is 2.31. The van der Waals surface area contributed by atoms with Crippen LogP contribution in [0, 0.1) is 10.1 Å². The van der Waals surface area contributed by atoms with E-state index in [4.69, 9.17) is 8.83 Å². The molecule has 0 aliphatic carbocycles. The van der Waals surface area contributed by atoms with Gasteiger partial charge < -0.3 is 8.83 Å². The summed E-state index contributed by atoms with van der Waals surface area (Å²) >= 11 is 3.32. The molecule has 0 N–H and O–H groups in total. The summed E-state index contributed by atoms with van der Waals surface area (Å²) in [4.78, 5) is 22.6. The molecule has 0 spiro atoms. The number of hydrogen-bond acceptors (Lipinski definition) is 5. The molecule has 0 radical (unpaired) electrons. The third-order valence-corrected chi connectivity index (χ3v) is 4.14. The normalized spacial score (nSPS) is 11.2. The highest BCUT2D eigenvalue weighted by molar-refractivity contribution is 9.10. The quantitative estimate of drug-likeness (QED) is 0.362. The maximum Gasteiger partial charge on any atom is 0.273 e. The predicted molar refractivity (Wildman–Crippen MR) is 92.0 cm³/mol. The van der Waals surface area contributed by atoms with Crippen molar-refractivity contribution in [1.29, 1.82) is 0 Å². The summed E-state index contributed by atoms with van der Waals surface area (Å²) in [6.07, 6.45) is 0. The Morgan fingerprint density at radius 3 is 2.46 bits per heavy atom. The van der Waals surface area contributed by atoms with Crippen LogP contribution in [0.4, 0.5) is 5.69 Å². The van der Waals surface area contributed by atoms with Crippen molar-refractivity contribution in [1.82, 2.24) is 0 Å². The summed E-state index contributed by atoms with van der Waals surface area (Å²) in [5, 5.41) is 12.0. The van der Waals surface area contributed by atoms with Crippen LogP contribution < -0.4 is 5.43 Å². The average Bonchev–Trinajstić information content (AvgIpc) is 2.98. The third-order valence-electron chi connectivity index (χ3n) is 3.65. The Morgan fingerprint density at radius 2 is 1.67 bits per heavy atom. The fourth-order valence-corrected chi connectivity index (χ4v) is 2.87. The molecule has 6 nitrogen and oxygen atoms in total. The molecule has 0 unspecified atom stereocenters. The molecule has 2 aromatic heterocycles. The second kappa shape index (κ2) is 5.31. The molecule has 4 aromatic rings. The molecule has 0 aliphatic heterocycles. The van der Waals surface area contributed by atoms with E-state index in [1.54, 1.807) is 30.3 Å². The predicted octanol–water partition coefficient (Wildman–Crippen LogP) is 4.88. The summed E-state index contributed by atoms with van der Waals surface area (Å²) in [6, 6.07) is 12.5. The van der Waals surface area contributed by atoms with Gasteiger partial charge in [-0.3, -0.25) is 14.9 Å². The summed E-state index contributed by atoms with van der Waals surface area (Å²) < 4.78 is 12.2. The summed E-state index contributed by atoms with van der Waals surface area (Å²) in [5.74, 6) is 0.612. The Kier molecular flexibility index (Phi) is 3.24. The van der Waals surface area contributed by atoms with E-state index in [0.717, 1.165) is 4.47 Å². The summed E-state index contributed by atoms with van der Waals surface area (Å²) in [7, 11) is 0. The fourth-order valence-electron chi connectivity index (χ4n) is 2.50. The van der Waals surface area contributed by atoms with Gasteiger partial charge in [0.1, 0.15) is 11.2 Å². The lowest BCUT2D eigenvalue weighted by Gasteiger charge is -2.00. The molecule has 2 heterocycles. The zero-order chi connectivity index (χ0) is 16.8. The summed E-state index contributed by atoms with van der Waals surface area (Å²) in [6.45, 7) is 0. The Hall–Kier alpha value is -2.93. The molecule has 2 aromatic carbocycles. The van der Waals surface area contributed by atoms with Gasteiger partial charge in [0, 0.05) is 22.0 Å². The number of benzene rings is 2. The average molecular weight is 386 g/mol. The van der Waals surface area contributed by atoms with E-state index in [1.807, 2.05) is 0 Å². The number of halogens is 1. The SMILES string of the molecule is O=c1cc(-c2cc3ccc([N+](=O)[O-])cc3o2)oc2ccc(Br)cc12. The molecular weight excluding hydrogens is 378 g/mol. The number of fused-ring (bicyclic) bond motifs is 2. The Morgan fingerprint density at radius 1 is 0.917 bits per heavy atom. The number of nitro groups is 1. The molecule has 0 atom stereocenters. The zero-order valence-corrected chi connectivity index (χ0v) is 13.6. The van der Waals surface area contributed by atoms with E-state index in [0.29, 0.717) is 27.7 Å². The van der Waals surface area contributed by atoms with Gasteiger partial charge in [0.25, 0.3) is 5.69 Å². The van der Waals surface area contributed by atoms with E-state index in [-0.39, 0.29) is 16.9 Å². The minimum atomic E-state index is -0.490. The second-order valence-electron chi connectivity index (χ2n) is 5.21. The molecule has 7 heteroatoms. The van der Waals surface area contributed by atoms with Crippen molar-refractivity contribution in [2.24, 2.45) is 0 Å². The lowest BCUT2D eigenvalue weighted by Crippen LogP contribution is -1.99. The molecule has 0 aliphatic rings.